The SMILES string of the molecule is CCOC(=O)C(O)C(O)c1ccc(C(C)C)cc1. The van der Waals surface area contributed by atoms with Crippen LogP contribution in [0.15, 0.2) is 24.3 Å². The van der Waals surface area contributed by atoms with Crippen LogP contribution in [-0.2, 0) is 9.53 Å². The van der Waals surface area contributed by atoms with Gasteiger partial charge in [0.2, 0.25) is 0 Å². The van der Waals surface area contributed by atoms with E-state index in [4.69, 9.17) is 0 Å². The third-order valence-electron chi connectivity index (χ3n) is 2.77. The molecule has 1 rings (SSSR count). The van der Waals surface area contributed by atoms with Crippen LogP contribution in [-0.4, -0.2) is 28.9 Å². The van der Waals surface area contributed by atoms with Crippen LogP contribution < -0.4 is 0 Å². The van der Waals surface area contributed by atoms with Gasteiger partial charge >= 0.3 is 5.97 Å². The first kappa shape index (κ1) is 14.7. The number of aliphatic hydroxyl groups excluding tert-OH is 2. The Balaban J connectivity index is 2.77. The van der Waals surface area contributed by atoms with E-state index in [1.807, 2.05) is 12.1 Å². The Hall–Kier alpha value is -1.39. The highest BCUT2D eigenvalue weighted by Gasteiger charge is 2.26. The minimum absolute atomic E-state index is 0.175. The number of benzene rings is 1. The quantitative estimate of drug-likeness (QED) is 0.784. The van der Waals surface area contributed by atoms with E-state index in [-0.39, 0.29) is 6.61 Å². The van der Waals surface area contributed by atoms with Crippen LogP contribution in [0.25, 0.3) is 0 Å². The van der Waals surface area contributed by atoms with Crippen molar-refractivity contribution in [2.45, 2.75) is 38.9 Å². The van der Waals surface area contributed by atoms with Gasteiger partial charge in [-0.15, -0.1) is 0 Å². The molecule has 0 heterocycles. The predicted octanol–water partition coefficient (Wildman–Crippen LogP) is 1.77. The molecule has 1 aromatic rings. The molecule has 4 nitrogen and oxygen atoms in total. The second-order valence-electron chi connectivity index (χ2n) is 4.46. The molecule has 0 spiro atoms. The molecule has 4 heteroatoms. The maximum Gasteiger partial charge on any atom is 0.338 e. The molecule has 0 fully saturated rings. The highest BCUT2D eigenvalue weighted by Crippen LogP contribution is 2.21. The molecule has 1 aromatic carbocycles. The van der Waals surface area contributed by atoms with Crippen molar-refractivity contribution >= 4 is 5.97 Å². The van der Waals surface area contributed by atoms with Gasteiger partial charge in [-0.05, 0) is 24.0 Å². The number of carbonyl (C=O) groups excluding carboxylic acids is 1. The van der Waals surface area contributed by atoms with Crippen molar-refractivity contribution in [3.63, 3.8) is 0 Å². The first-order valence-electron chi connectivity index (χ1n) is 6.10. The third kappa shape index (κ3) is 3.55. The van der Waals surface area contributed by atoms with E-state index in [9.17, 15) is 15.0 Å². The van der Waals surface area contributed by atoms with E-state index in [1.165, 1.54) is 0 Å². The monoisotopic (exact) mass is 252 g/mol. The Labute approximate surface area is 107 Å². The topological polar surface area (TPSA) is 66.8 Å². The summed E-state index contributed by atoms with van der Waals surface area (Å²) in [5, 5.41) is 19.5. The first-order chi connectivity index (χ1) is 8.47. The van der Waals surface area contributed by atoms with Crippen LogP contribution in [0, 0.1) is 0 Å². The van der Waals surface area contributed by atoms with E-state index < -0.39 is 18.2 Å². The van der Waals surface area contributed by atoms with Gasteiger partial charge in [-0.3, -0.25) is 0 Å². The Kier molecular flexibility index (Phi) is 5.31. The Morgan fingerprint density at radius 3 is 2.11 bits per heavy atom. The summed E-state index contributed by atoms with van der Waals surface area (Å²) in [6.45, 7) is 5.96. The normalized spacial score (nSPS) is 14.3. The number of ether oxygens (including phenoxy) is 1. The van der Waals surface area contributed by atoms with Crippen LogP contribution in [0.1, 0.15) is 43.9 Å². The summed E-state index contributed by atoms with van der Waals surface area (Å²) in [6, 6.07) is 7.17. The van der Waals surface area contributed by atoms with Crippen molar-refractivity contribution in [2.75, 3.05) is 6.61 Å². The molecule has 18 heavy (non-hydrogen) atoms. The van der Waals surface area contributed by atoms with Crippen molar-refractivity contribution in [2.24, 2.45) is 0 Å². The van der Waals surface area contributed by atoms with Gasteiger partial charge in [0.15, 0.2) is 6.10 Å². The van der Waals surface area contributed by atoms with Gasteiger partial charge in [-0.1, -0.05) is 38.1 Å². The van der Waals surface area contributed by atoms with Crippen molar-refractivity contribution in [3.05, 3.63) is 35.4 Å². The maximum atomic E-state index is 11.3. The number of carbonyl (C=O) groups is 1. The van der Waals surface area contributed by atoms with E-state index >= 15 is 0 Å². The van der Waals surface area contributed by atoms with E-state index in [0.717, 1.165) is 5.56 Å². The third-order valence-corrected chi connectivity index (χ3v) is 2.77. The van der Waals surface area contributed by atoms with Gasteiger partial charge in [-0.2, -0.15) is 0 Å². The van der Waals surface area contributed by atoms with E-state index in [1.54, 1.807) is 19.1 Å². The average Bonchev–Trinajstić information content (AvgIpc) is 2.37. The predicted molar refractivity (Wildman–Crippen MR) is 68.1 cm³/mol. The molecule has 2 N–H and O–H groups in total. The van der Waals surface area contributed by atoms with Crippen molar-refractivity contribution in [1.82, 2.24) is 0 Å². The number of esters is 1. The molecule has 2 unspecified atom stereocenters. The molecule has 0 amide bonds. The number of rotatable bonds is 5. The molecule has 0 radical (unpaired) electrons. The molecule has 0 aliphatic rings. The number of aliphatic hydroxyl groups is 2. The molecule has 100 valence electrons. The Morgan fingerprint density at radius 1 is 1.17 bits per heavy atom. The lowest BCUT2D eigenvalue weighted by atomic mass is 9.98. The minimum Gasteiger partial charge on any atom is -0.464 e. The molecule has 0 saturated carbocycles. The fourth-order valence-electron chi connectivity index (χ4n) is 1.62. The van der Waals surface area contributed by atoms with E-state index in [2.05, 4.69) is 18.6 Å². The smallest absolute Gasteiger partial charge is 0.338 e. The van der Waals surface area contributed by atoms with Gasteiger partial charge in [0, 0.05) is 0 Å². The van der Waals surface area contributed by atoms with Crippen LogP contribution in [0.2, 0.25) is 0 Å². The highest BCUT2D eigenvalue weighted by molar-refractivity contribution is 5.75. The van der Waals surface area contributed by atoms with E-state index in [0.29, 0.717) is 11.5 Å². The number of hydrogen-bond acceptors (Lipinski definition) is 4. The largest absolute Gasteiger partial charge is 0.464 e. The van der Waals surface area contributed by atoms with Gasteiger partial charge in [0.05, 0.1) is 6.61 Å². The molecule has 0 bridgehead atoms. The minimum atomic E-state index is -1.55. The standard InChI is InChI=1S/C14H20O4/c1-4-18-14(17)13(16)12(15)11-7-5-10(6-8-11)9(2)3/h5-9,12-13,15-16H,4H2,1-3H3. The first-order valence-corrected chi connectivity index (χ1v) is 6.10. The van der Waals surface area contributed by atoms with Crippen molar-refractivity contribution in [3.8, 4) is 0 Å². The second-order valence-corrected chi connectivity index (χ2v) is 4.46. The summed E-state index contributed by atoms with van der Waals surface area (Å²) in [7, 11) is 0. The lowest BCUT2D eigenvalue weighted by molar-refractivity contribution is -0.159. The Morgan fingerprint density at radius 2 is 1.67 bits per heavy atom. The summed E-state index contributed by atoms with van der Waals surface area (Å²) in [4.78, 5) is 11.3. The molecule has 0 aliphatic carbocycles. The van der Waals surface area contributed by atoms with Crippen LogP contribution in [0.3, 0.4) is 0 Å². The molecular weight excluding hydrogens is 232 g/mol. The molecule has 0 aromatic heterocycles. The maximum absolute atomic E-state index is 11.3. The zero-order chi connectivity index (χ0) is 13.7. The zero-order valence-corrected chi connectivity index (χ0v) is 11.0. The summed E-state index contributed by atoms with van der Waals surface area (Å²) >= 11 is 0. The van der Waals surface area contributed by atoms with Crippen molar-refractivity contribution in [1.29, 1.82) is 0 Å². The molecular formula is C14H20O4. The van der Waals surface area contributed by atoms with Crippen molar-refractivity contribution < 1.29 is 19.7 Å². The Bertz CT molecular complexity index is 383. The highest BCUT2D eigenvalue weighted by atomic mass is 16.5. The lowest BCUT2D eigenvalue weighted by Gasteiger charge is -2.17. The lowest BCUT2D eigenvalue weighted by Crippen LogP contribution is -2.29. The van der Waals surface area contributed by atoms with Crippen LogP contribution in [0.4, 0.5) is 0 Å². The van der Waals surface area contributed by atoms with Crippen LogP contribution in [0.5, 0.6) is 0 Å². The molecule has 0 aliphatic heterocycles. The van der Waals surface area contributed by atoms with Gasteiger partial charge in [-0.25, -0.2) is 4.79 Å². The van der Waals surface area contributed by atoms with Crippen LogP contribution >= 0.6 is 0 Å². The average molecular weight is 252 g/mol. The zero-order valence-electron chi connectivity index (χ0n) is 11.0. The van der Waals surface area contributed by atoms with Gasteiger partial charge < -0.3 is 14.9 Å². The molecule has 0 saturated heterocycles. The summed E-state index contributed by atoms with van der Waals surface area (Å²) in [5.74, 6) is -0.413. The fraction of sp³-hybridized carbons (Fsp3) is 0.500. The summed E-state index contributed by atoms with van der Waals surface area (Å²) < 4.78 is 4.66. The van der Waals surface area contributed by atoms with Gasteiger partial charge in [0.1, 0.15) is 6.10 Å². The fourth-order valence-corrected chi connectivity index (χ4v) is 1.62. The summed E-state index contributed by atoms with van der Waals surface area (Å²) in [6.07, 6.45) is -2.81. The second kappa shape index (κ2) is 6.52. The number of hydrogen-bond donors (Lipinski definition) is 2. The van der Waals surface area contributed by atoms with Gasteiger partial charge in [0.25, 0.3) is 0 Å². The summed E-state index contributed by atoms with van der Waals surface area (Å²) in [5.41, 5.74) is 1.64. The molecule has 2 atom stereocenters.